The predicted octanol–water partition coefficient (Wildman–Crippen LogP) is 2.80. The van der Waals surface area contributed by atoms with Gasteiger partial charge in [0.05, 0.1) is 5.88 Å². The second kappa shape index (κ2) is 4.63. The monoisotopic (exact) mass is 246 g/mol. The molecule has 3 heteroatoms. The molecule has 0 saturated carbocycles. The maximum Gasteiger partial charge on any atom is 0.151 e. The standard InChI is InChI=1S/C9H8BrClO/c10-8-3-1-2-7(4-8)5-9(12)6-11/h1-4H,5-6H2. The van der Waals surface area contributed by atoms with Gasteiger partial charge in [0.1, 0.15) is 0 Å². The van der Waals surface area contributed by atoms with Crippen molar-refractivity contribution in [2.24, 2.45) is 0 Å². The number of rotatable bonds is 3. The summed E-state index contributed by atoms with van der Waals surface area (Å²) in [4.78, 5) is 10.9. The molecule has 0 heterocycles. The van der Waals surface area contributed by atoms with Crippen LogP contribution in [0.15, 0.2) is 28.7 Å². The van der Waals surface area contributed by atoms with E-state index in [0.717, 1.165) is 10.0 Å². The Kier molecular flexibility index (Phi) is 3.76. The van der Waals surface area contributed by atoms with E-state index in [4.69, 9.17) is 11.6 Å². The number of ketones is 1. The lowest BCUT2D eigenvalue weighted by Crippen LogP contribution is -2.03. The second-order valence-corrected chi connectivity index (χ2v) is 3.66. The van der Waals surface area contributed by atoms with E-state index in [9.17, 15) is 4.79 Å². The Hall–Kier alpha value is -0.340. The first-order chi connectivity index (χ1) is 5.72. The van der Waals surface area contributed by atoms with E-state index < -0.39 is 0 Å². The van der Waals surface area contributed by atoms with Gasteiger partial charge in [0, 0.05) is 10.9 Å². The summed E-state index contributed by atoms with van der Waals surface area (Å²) in [5.74, 6) is 0.141. The van der Waals surface area contributed by atoms with Gasteiger partial charge in [0.2, 0.25) is 0 Å². The number of carbonyl (C=O) groups is 1. The molecule has 0 aliphatic carbocycles. The van der Waals surface area contributed by atoms with Crippen LogP contribution >= 0.6 is 27.5 Å². The van der Waals surface area contributed by atoms with E-state index in [0.29, 0.717) is 6.42 Å². The van der Waals surface area contributed by atoms with Crippen molar-refractivity contribution in [2.45, 2.75) is 6.42 Å². The van der Waals surface area contributed by atoms with Crippen molar-refractivity contribution in [3.63, 3.8) is 0 Å². The van der Waals surface area contributed by atoms with Crippen LogP contribution in [-0.4, -0.2) is 11.7 Å². The van der Waals surface area contributed by atoms with Crippen molar-refractivity contribution in [1.82, 2.24) is 0 Å². The molecule has 0 aromatic heterocycles. The summed E-state index contributed by atoms with van der Waals surface area (Å²) in [5.41, 5.74) is 0.995. The molecule has 12 heavy (non-hydrogen) atoms. The number of carbonyl (C=O) groups excluding carboxylic acids is 1. The van der Waals surface area contributed by atoms with E-state index in [1.165, 1.54) is 0 Å². The normalized spacial score (nSPS) is 9.83. The van der Waals surface area contributed by atoms with Crippen LogP contribution in [-0.2, 0) is 11.2 Å². The summed E-state index contributed by atoms with van der Waals surface area (Å²) in [6, 6.07) is 7.66. The molecule has 0 atom stereocenters. The highest BCUT2D eigenvalue weighted by atomic mass is 79.9. The Morgan fingerprint density at radius 2 is 2.25 bits per heavy atom. The van der Waals surface area contributed by atoms with Crippen molar-refractivity contribution >= 4 is 33.3 Å². The van der Waals surface area contributed by atoms with Gasteiger partial charge in [-0.1, -0.05) is 28.1 Å². The maximum atomic E-state index is 10.9. The summed E-state index contributed by atoms with van der Waals surface area (Å²) in [6.07, 6.45) is 0.420. The highest BCUT2D eigenvalue weighted by molar-refractivity contribution is 9.10. The third-order valence-electron chi connectivity index (χ3n) is 1.44. The van der Waals surface area contributed by atoms with Crippen molar-refractivity contribution < 1.29 is 4.79 Å². The molecule has 0 saturated heterocycles. The van der Waals surface area contributed by atoms with Crippen LogP contribution in [0.25, 0.3) is 0 Å². The zero-order valence-corrected chi connectivity index (χ0v) is 8.73. The molecule has 1 rings (SSSR count). The van der Waals surface area contributed by atoms with Gasteiger partial charge >= 0.3 is 0 Å². The van der Waals surface area contributed by atoms with Gasteiger partial charge in [-0.05, 0) is 17.7 Å². The molecule has 0 aliphatic rings. The fourth-order valence-electron chi connectivity index (χ4n) is 0.922. The fourth-order valence-corrected chi connectivity index (χ4v) is 1.46. The Labute approximate surface area is 84.9 Å². The van der Waals surface area contributed by atoms with E-state index in [-0.39, 0.29) is 11.7 Å². The van der Waals surface area contributed by atoms with Crippen LogP contribution in [0.2, 0.25) is 0 Å². The van der Waals surface area contributed by atoms with E-state index in [1.807, 2.05) is 24.3 Å². The Bertz CT molecular complexity index is 286. The van der Waals surface area contributed by atoms with E-state index in [1.54, 1.807) is 0 Å². The van der Waals surface area contributed by atoms with Crippen LogP contribution < -0.4 is 0 Å². The van der Waals surface area contributed by atoms with E-state index in [2.05, 4.69) is 15.9 Å². The van der Waals surface area contributed by atoms with Gasteiger partial charge in [-0.2, -0.15) is 0 Å². The lowest BCUT2D eigenvalue weighted by Gasteiger charge is -1.98. The first-order valence-corrected chi connectivity index (χ1v) is 4.87. The van der Waals surface area contributed by atoms with Crippen LogP contribution in [0.3, 0.4) is 0 Å². The topological polar surface area (TPSA) is 17.1 Å². The molecule has 64 valence electrons. The van der Waals surface area contributed by atoms with Crippen LogP contribution in [0, 0.1) is 0 Å². The molecule has 0 N–H and O–H groups in total. The fraction of sp³-hybridized carbons (Fsp3) is 0.222. The molecule has 0 spiro atoms. The van der Waals surface area contributed by atoms with Gasteiger partial charge in [-0.15, -0.1) is 11.6 Å². The number of hydrogen-bond donors (Lipinski definition) is 0. The molecule has 0 amide bonds. The number of Topliss-reactive ketones (excluding diaryl/α,β-unsaturated/α-hetero) is 1. The highest BCUT2D eigenvalue weighted by Crippen LogP contribution is 2.12. The average molecular weight is 248 g/mol. The Morgan fingerprint density at radius 3 is 2.83 bits per heavy atom. The summed E-state index contributed by atoms with van der Waals surface area (Å²) < 4.78 is 0.988. The number of alkyl halides is 1. The van der Waals surface area contributed by atoms with Crippen molar-refractivity contribution in [1.29, 1.82) is 0 Å². The van der Waals surface area contributed by atoms with Gasteiger partial charge in [0.15, 0.2) is 5.78 Å². The molecule has 1 aromatic carbocycles. The van der Waals surface area contributed by atoms with Crippen LogP contribution in [0.5, 0.6) is 0 Å². The minimum atomic E-state index is 0.0507. The second-order valence-electron chi connectivity index (χ2n) is 2.48. The lowest BCUT2D eigenvalue weighted by atomic mass is 10.1. The zero-order valence-electron chi connectivity index (χ0n) is 6.39. The van der Waals surface area contributed by atoms with E-state index >= 15 is 0 Å². The third-order valence-corrected chi connectivity index (χ3v) is 2.23. The maximum absolute atomic E-state index is 10.9. The average Bonchev–Trinajstić information content (AvgIpc) is 2.04. The number of benzene rings is 1. The van der Waals surface area contributed by atoms with Crippen molar-refractivity contribution in [3.05, 3.63) is 34.3 Å². The smallest absolute Gasteiger partial charge is 0.151 e. The molecular weight excluding hydrogens is 239 g/mol. The minimum Gasteiger partial charge on any atom is -0.298 e. The number of hydrogen-bond acceptors (Lipinski definition) is 1. The molecular formula is C9H8BrClO. The van der Waals surface area contributed by atoms with Crippen molar-refractivity contribution in [2.75, 3.05) is 5.88 Å². The zero-order chi connectivity index (χ0) is 8.97. The first-order valence-electron chi connectivity index (χ1n) is 3.54. The molecule has 1 aromatic rings. The summed E-state index contributed by atoms with van der Waals surface area (Å²) >= 11 is 8.71. The minimum absolute atomic E-state index is 0.0507. The predicted molar refractivity (Wildman–Crippen MR) is 53.6 cm³/mol. The summed E-state index contributed by atoms with van der Waals surface area (Å²) in [6.45, 7) is 0. The first kappa shape index (κ1) is 9.75. The molecule has 0 fully saturated rings. The van der Waals surface area contributed by atoms with Gasteiger partial charge in [-0.3, -0.25) is 4.79 Å². The molecule has 0 radical (unpaired) electrons. The third kappa shape index (κ3) is 2.95. The molecule has 0 unspecified atom stereocenters. The highest BCUT2D eigenvalue weighted by Gasteiger charge is 2.01. The molecule has 0 aliphatic heterocycles. The summed E-state index contributed by atoms with van der Waals surface area (Å²) in [5, 5.41) is 0. The Balaban J connectivity index is 2.69. The molecule has 1 nitrogen and oxygen atoms in total. The Morgan fingerprint density at radius 1 is 1.50 bits per heavy atom. The quantitative estimate of drug-likeness (QED) is 0.751. The summed E-state index contributed by atoms with van der Waals surface area (Å²) in [7, 11) is 0. The largest absolute Gasteiger partial charge is 0.298 e. The van der Waals surface area contributed by atoms with Gasteiger partial charge in [0.25, 0.3) is 0 Å². The van der Waals surface area contributed by atoms with Crippen LogP contribution in [0.1, 0.15) is 5.56 Å². The lowest BCUT2D eigenvalue weighted by molar-refractivity contribution is -0.116. The van der Waals surface area contributed by atoms with Crippen LogP contribution in [0.4, 0.5) is 0 Å². The molecule has 0 bridgehead atoms. The SMILES string of the molecule is O=C(CCl)Cc1cccc(Br)c1. The van der Waals surface area contributed by atoms with Gasteiger partial charge < -0.3 is 0 Å². The number of halogens is 2. The van der Waals surface area contributed by atoms with Gasteiger partial charge in [-0.25, -0.2) is 0 Å². The van der Waals surface area contributed by atoms with Crippen molar-refractivity contribution in [3.8, 4) is 0 Å².